The van der Waals surface area contributed by atoms with Gasteiger partial charge in [-0.3, -0.25) is 14.9 Å². The van der Waals surface area contributed by atoms with Crippen molar-refractivity contribution >= 4 is 21.7 Å². The van der Waals surface area contributed by atoms with Gasteiger partial charge in [-0.15, -0.1) is 0 Å². The minimum atomic E-state index is -4.10. The van der Waals surface area contributed by atoms with Gasteiger partial charge in [-0.05, 0) is 18.9 Å². The Morgan fingerprint density at radius 1 is 1.39 bits per heavy atom. The number of carboxylic acids is 1. The summed E-state index contributed by atoms with van der Waals surface area (Å²) in [5, 5.41) is 29.0. The number of rotatable bonds is 4. The summed E-state index contributed by atoms with van der Waals surface area (Å²) < 4.78 is 26.3. The second-order valence-electron chi connectivity index (χ2n) is 5.04. The van der Waals surface area contributed by atoms with Crippen molar-refractivity contribution in [3.8, 4) is 6.07 Å². The van der Waals surface area contributed by atoms with Crippen molar-refractivity contribution in [3.63, 3.8) is 0 Å². The van der Waals surface area contributed by atoms with Crippen LogP contribution in [-0.2, 0) is 14.8 Å². The molecule has 1 aromatic carbocycles. The third kappa shape index (κ3) is 3.15. The van der Waals surface area contributed by atoms with Crippen molar-refractivity contribution in [2.24, 2.45) is 5.92 Å². The van der Waals surface area contributed by atoms with E-state index in [0.717, 1.165) is 16.4 Å². The number of carboxylic acid groups (broad SMARTS) is 1. The highest BCUT2D eigenvalue weighted by molar-refractivity contribution is 7.89. The number of nitro benzene ring substituents is 1. The van der Waals surface area contributed by atoms with E-state index < -0.39 is 43.0 Å². The van der Waals surface area contributed by atoms with Gasteiger partial charge in [-0.25, -0.2) is 8.42 Å². The molecule has 0 aliphatic carbocycles. The maximum atomic E-state index is 12.6. The number of hydrogen-bond donors (Lipinski definition) is 1. The third-order valence-corrected chi connectivity index (χ3v) is 5.67. The maximum absolute atomic E-state index is 12.6. The monoisotopic (exact) mass is 339 g/mol. The topological polar surface area (TPSA) is 142 Å². The minimum Gasteiger partial charge on any atom is -0.481 e. The molecule has 23 heavy (non-hydrogen) atoms. The zero-order valence-corrected chi connectivity index (χ0v) is 12.7. The number of piperidine rings is 1. The summed E-state index contributed by atoms with van der Waals surface area (Å²) in [6.45, 7) is -0.0142. The van der Waals surface area contributed by atoms with Crippen LogP contribution in [0, 0.1) is 27.4 Å². The van der Waals surface area contributed by atoms with Gasteiger partial charge in [-0.1, -0.05) is 6.07 Å². The molecule has 122 valence electrons. The molecule has 1 aromatic rings. The molecule has 0 radical (unpaired) electrons. The van der Waals surface area contributed by atoms with E-state index in [1.807, 2.05) is 0 Å². The fraction of sp³-hybridized carbons (Fsp3) is 0.385. The molecule has 10 heteroatoms. The molecule has 1 aliphatic heterocycles. The lowest BCUT2D eigenvalue weighted by atomic mass is 9.99. The molecule has 0 atom stereocenters. The van der Waals surface area contributed by atoms with Crippen molar-refractivity contribution in [3.05, 3.63) is 33.9 Å². The normalized spacial score (nSPS) is 16.7. The predicted molar refractivity (Wildman–Crippen MR) is 76.9 cm³/mol. The first-order valence-electron chi connectivity index (χ1n) is 6.69. The van der Waals surface area contributed by atoms with Crippen LogP contribution in [0.15, 0.2) is 23.1 Å². The van der Waals surface area contributed by atoms with E-state index >= 15 is 0 Å². The summed E-state index contributed by atoms with van der Waals surface area (Å²) in [6, 6.07) is 4.99. The molecule has 9 nitrogen and oxygen atoms in total. The molecule has 0 bridgehead atoms. The Bertz CT molecular complexity index is 790. The second-order valence-corrected chi connectivity index (χ2v) is 6.94. The predicted octanol–water partition coefficient (Wildman–Crippen LogP) is 0.952. The zero-order valence-electron chi connectivity index (χ0n) is 11.9. The number of aliphatic carboxylic acids is 1. The summed E-state index contributed by atoms with van der Waals surface area (Å²) in [5.41, 5.74) is -1.09. The lowest BCUT2D eigenvalue weighted by Gasteiger charge is -2.29. The van der Waals surface area contributed by atoms with Gasteiger partial charge in [0.05, 0.1) is 10.8 Å². The number of carbonyl (C=O) groups is 1. The molecule has 0 spiro atoms. The zero-order chi connectivity index (χ0) is 17.2. The molecule has 1 aliphatic rings. The van der Waals surface area contributed by atoms with Gasteiger partial charge in [-0.2, -0.15) is 9.57 Å². The molecular weight excluding hydrogens is 326 g/mol. The van der Waals surface area contributed by atoms with Crippen LogP contribution in [0.5, 0.6) is 0 Å². The van der Waals surface area contributed by atoms with E-state index in [1.165, 1.54) is 6.07 Å². The maximum Gasteiger partial charge on any atom is 0.306 e. The number of nitrogens with zero attached hydrogens (tertiary/aromatic N) is 3. The van der Waals surface area contributed by atoms with Crippen molar-refractivity contribution in [2.45, 2.75) is 17.7 Å². The number of hydrogen-bond acceptors (Lipinski definition) is 6. The molecule has 2 rings (SSSR count). The molecule has 0 aromatic heterocycles. The molecular formula is C13H13N3O6S. The van der Waals surface area contributed by atoms with Gasteiger partial charge in [0.25, 0.3) is 5.69 Å². The Hall–Kier alpha value is -2.51. The van der Waals surface area contributed by atoms with Crippen LogP contribution in [0.25, 0.3) is 0 Å². The molecule has 1 saturated heterocycles. The van der Waals surface area contributed by atoms with Crippen LogP contribution < -0.4 is 0 Å². The van der Waals surface area contributed by atoms with E-state index in [4.69, 9.17) is 10.4 Å². The molecule has 0 unspecified atom stereocenters. The first kappa shape index (κ1) is 16.9. The number of nitro groups is 1. The molecule has 1 fully saturated rings. The first-order chi connectivity index (χ1) is 10.8. The van der Waals surface area contributed by atoms with Crippen LogP contribution in [0.1, 0.15) is 18.4 Å². The highest BCUT2D eigenvalue weighted by Gasteiger charge is 2.35. The highest BCUT2D eigenvalue weighted by atomic mass is 32.2. The van der Waals surface area contributed by atoms with Gasteiger partial charge in [0.1, 0.15) is 16.5 Å². The summed E-state index contributed by atoms with van der Waals surface area (Å²) >= 11 is 0. The quantitative estimate of drug-likeness (QED) is 0.635. The van der Waals surface area contributed by atoms with Crippen LogP contribution >= 0.6 is 0 Å². The lowest BCUT2D eigenvalue weighted by Crippen LogP contribution is -2.40. The smallest absolute Gasteiger partial charge is 0.306 e. The fourth-order valence-electron chi connectivity index (χ4n) is 2.48. The van der Waals surface area contributed by atoms with Crippen LogP contribution in [0.2, 0.25) is 0 Å². The molecule has 1 heterocycles. The van der Waals surface area contributed by atoms with E-state index in [1.54, 1.807) is 6.07 Å². The van der Waals surface area contributed by atoms with Gasteiger partial charge >= 0.3 is 5.97 Å². The third-order valence-electron chi connectivity index (χ3n) is 3.73. The second kappa shape index (κ2) is 6.31. The van der Waals surface area contributed by atoms with Crippen molar-refractivity contribution in [1.29, 1.82) is 5.26 Å². The van der Waals surface area contributed by atoms with E-state index in [-0.39, 0.29) is 25.9 Å². The van der Waals surface area contributed by atoms with E-state index in [9.17, 15) is 23.3 Å². The molecule has 0 saturated carbocycles. The van der Waals surface area contributed by atoms with Crippen LogP contribution in [0.4, 0.5) is 5.69 Å². The van der Waals surface area contributed by atoms with Crippen molar-refractivity contribution in [2.75, 3.05) is 13.1 Å². The Labute approximate surface area is 132 Å². The van der Waals surface area contributed by atoms with Crippen LogP contribution in [0.3, 0.4) is 0 Å². The Morgan fingerprint density at radius 2 is 2.00 bits per heavy atom. The average Bonchev–Trinajstić information content (AvgIpc) is 2.53. The van der Waals surface area contributed by atoms with Crippen LogP contribution in [-0.4, -0.2) is 41.8 Å². The SMILES string of the molecule is N#Cc1c([N+](=O)[O-])cccc1S(=O)(=O)N1CCC(C(=O)O)CC1. The lowest BCUT2D eigenvalue weighted by molar-refractivity contribution is -0.385. The largest absolute Gasteiger partial charge is 0.481 e. The minimum absolute atomic E-state index is 0.00708. The Morgan fingerprint density at radius 3 is 2.48 bits per heavy atom. The van der Waals surface area contributed by atoms with Crippen molar-refractivity contribution in [1.82, 2.24) is 4.31 Å². The highest BCUT2D eigenvalue weighted by Crippen LogP contribution is 2.29. The van der Waals surface area contributed by atoms with E-state index in [2.05, 4.69) is 0 Å². The molecule has 1 N–H and O–H groups in total. The summed E-state index contributed by atoms with van der Waals surface area (Å²) in [7, 11) is -4.10. The Kier molecular flexibility index (Phi) is 4.63. The standard InChI is InChI=1S/C13H13N3O6S/c14-8-10-11(16(19)20)2-1-3-12(10)23(21,22)15-6-4-9(5-7-15)13(17)18/h1-3,9H,4-7H2,(H,17,18). The number of nitriles is 1. The number of sulfonamides is 1. The fourth-order valence-corrected chi connectivity index (χ4v) is 4.11. The number of benzene rings is 1. The summed E-state index contributed by atoms with van der Waals surface area (Å²) in [5.74, 6) is -1.59. The van der Waals surface area contributed by atoms with Gasteiger partial charge < -0.3 is 5.11 Å². The van der Waals surface area contributed by atoms with Gasteiger partial charge in [0.2, 0.25) is 10.0 Å². The van der Waals surface area contributed by atoms with Crippen molar-refractivity contribution < 1.29 is 23.2 Å². The molecule has 0 amide bonds. The average molecular weight is 339 g/mol. The van der Waals surface area contributed by atoms with Gasteiger partial charge in [0, 0.05) is 19.2 Å². The van der Waals surface area contributed by atoms with E-state index in [0.29, 0.717) is 0 Å². The first-order valence-corrected chi connectivity index (χ1v) is 8.13. The summed E-state index contributed by atoms with van der Waals surface area (Å²) in [6.07, 6.45) is 0.316. The Balaban J connectivity index is 2.39. The van der Waals surface area contributed by atoms with Gasteiger partial charge in [0.15, 0.2) is 0 Å². The summed E-state index contributed by atoms with van der Waals surface area (Å²) in [4.78, 5) is 20.6.